The molecule has 1 aromatic heterocycles. The van der Waals surface area contributed by atoms with E-state index in [1.54, 1.807) is 18.0 Å². The van der Waals surface area contributed by atoms with E-state index >= 15 is 0 Å². The van der Waals surface area contributed by atoms with Crippen LogP contribution in [0.3, 0.4) is 0 Å². The van der Waals surface area contributed by atoms with Crippen molar-refractivity contribution in [3.8, 4) is 0 Å². The highest BCUT2D eigenvalue weighted by Crippen LogP contribution is 2.34. The minimum absolute atomic E-state index is 0.0452. The summed E-state index contributed by atoms with van der Waals surface area (Å²) >= 11 is 1.57. The Morgan fingerprint density at radius 2 is 1.88 bits per heavy atom. The van der Waals surface area contributed by atoms with Crippen molar-refractivity contribution in [1.29, 1.82) is 0 Å². The lowest BCUT2D eigenvalue weighted by atomic mass is 9.82. The first-order valence-electron chi connectivity index (χ1n) is 8.84. The number of rotatable bonds is 5. The van der Waals surface area contributed by atoms with Gasteiger partial charge in [-0.05, 0) is 49.6 Å². The fourth-order valence-corrected chi connectivity index (χ4v) is 4.56. The van der Waals surface area contributed by atoms with Crippen LogP contribution in [0.5, 0.6) is 0 Å². The summed E-state index contributed by atoms with van der Waals surface area (Å²) in [6.07, 6.45) is 1.52. The van der Waals surface area contributed by atoms with E-state index in [0.717, 1.165) is 33.1 Å². The van der Waals surface area contributed by atoms with Gasteiger partial charge in [-0.2, -0.15) is 0 Å². The van der Waals surface area contributed by atoms with Gasteiger partial charge in [-0.3, -0.25) is 9.59 Å². The smallest absolute Gasteiger partial charge is 0.321 e. The molecule has 2 heterocycles. The van der Waals surface area contributed by atoms with Crippen LogP contribution in [0.4, 0.5) is 0 Å². The Hall–Kier alpha value is -2.01. The van der Waals surface area contributed by atoms with E-state index in [1.165, 1.54) is 0 Å². The van der Waals surface area contributed by atoms with Crippen LogP contribution in [0.15, 0.2) is 40.0 Å². The molecule has 1 fully saturated rings. The molecule has 1 aromatic carbocycles. The molecule has 0 N–H and O–H groups in total. The molecular formula is C21H24O4S. The molecule has 1 aliphatic rings. The number of aryl methyl sites for hydroxylation is 3. The van der Waals surface area contributed by atoms with Crippen LogP contribution >= 0.6 is 11.8 Å². The zero-order valence-corrected chi connectivity index (χ0v) is 16.4. The molecule has 2 aromatic rings. The standard InChI is InChI=1S/C21H24O4S/c1-12-8-13(2)19(14(3)9-12)20-16(22)10-17(25-21(20)23)15(4)11-26-18-6-5-7-24-18/h5-9,15,17,20H,10-11H2,1-4H3. The Morgan fingerprint density at radius 3 is 2.46 bits per heavy atom. The van der Waals surface area contributed by atoms with Crippen LogP contribution in [0, 0.1) is 26.7 Å². The summed E-state index contributed by atoms with van der Waals surface area (Å²) in [5.74, 6) is -0.463. The highest BCUT2D eigenvalue weighted by Gasteiger charge is 2.41. The van der Waals surface area contributed by atoms with Crippen molar-refractivity contribution in [3.05, 3.63) is 52.8 Å². The molecule has 0 radical (unpaired) electrons. The Kier molecular flexibility index (Phi) is 5.56. The first-order valence-corrected chi connectivity index (χ1v) is 9.82. The summed E-state index contributed by atoms with van der Waals surface area (Å²) < 4.78 is 11.0. The number of thioether (sulfide) groups is 1. The second kappa shape index (κ2) is 7.70. The Balaban J connectivity index is 1.71. The number of ether oxygens (including phenoxy) is 1. The number of esters is 1. The molecule has 0 bridgehead atoms. The summed E-state index contributed by atoms with van der Waals surface area (Å²) in [7, 11) is 0. The van der Waals surface area contributed by atoms with Crippen LogP contribution in [-0.2, 0) is 14.3 Å². The average molecular weight is 372 g/mol. The summed E-state index contributed by atoms with van der Waals surface area (Å²) in [6, 6.07) is 7.76. The van der Waals surface area contributed by atoms with E-state index in [4.69, 9.17) is 9.15 Å². The SMILES string of the molecule is Cc1cc(C)c(C2C(=O)CC(C(C)CSc3ccco3)OC2=O)c(C)c1. The van der Waals surface area contributed by atoms with Gasteiger partial charge < -0.3 is 9.15 Å². The van der Waals surface area contributed by atoms with Gasteiger partial charge in [0.25, 0.3) is 0 Å². The molecule has 1 saturated heterocycles. The maximum absolute atomic E-state index is 12.8. The van der Waals surface area contributed by atoms with Crippen LogP contribution in [-0.4, -0.2) is 23.6 Å². The maximum atomic E-state index is 12.8. The van der Waals surface area contributed by atoms with Gasteiger partial charge in [-0.25, -0.2) is 0 Å². The van der Waals surface area contributed by atoms with Crippen molar-refractivity contribution in [3.63, 3.8) is 0 Å². The lowest BCUT2D eigenvalue weighted by Gasteiger charge is -2.32. The van der Waals surface area contributed by atoms with Crippen molar-refractivity contribution in [2.45, 2.75) is 51.2 Å². The van der Waals surface area contributed by atoms with Crippen LogP contribution in [0.25, 0.3) is 0 Å². The summed E-state index contributed by atoms with van der Waals surface area (Å²) in [6.45, 7) is 7.91. The molecule has 26 heavy (non-hydrogen) atoms. The fourth-order valence-electron chi connectivity index (χ4n) is 3.62. The molecule has 3 atom stereocenters. The lowest BCUT2D eigenvalue weighted by molar-refractivity contribution is -0.162. The maximum Gasteiger partial charge on any atom is 0.321 e. The Bertz CT molecular complexity index is 768. The Labute approximate surface area is 158 Å². The quantitative estimate of drug-likeness (QED) is 0.436. The second-order valence-corrected chi connectivity index (χ2v) is 8.14. The van der Waals surface area contributed by atoms with Gasteiger partial charge in [0.1, 0.15) is 12.0 Å². The predicted molar refractivity (Wildman–Crippen MR) is 101 cm³/mol. The van der Waals surface area contributed by atoms with Gasteiger partial charge in [0.05, 0.1) is 6.26 Å². The van der Waals surface area contributed by atoms with Crippen LogP contribution in [0.2, 0.25) is 0 Å². The highest BCUT2D eigenvalue weighted by atomic mass is 32.2. The molecule has 1 aliphatic heterocycles. The van der Waals surface area contributed by atoms with Crippen molar-refractivity contribution in [2.24, 2.45) is 5.92 Å². The van der Waals surface area contributed by atoms with Crippen LogP contribution < -0.4 is 0 Å². The second-order valence-electron chi connectivity index (χ2n) is 7.11. The minimum atomic E-state index is -0.795. The van der Waals surface area contributed by atoms with Gasteiger partial charge in [0.2, 0.25) is 0 Å². The summed E-state index contributed by atoms with van der Waals surface area (Å²) in [5, 5.41) is 0.828. The van der Waals surface area contributed by atoms with Gasteiger partial charge >= 0.3 is 5.97 Å². The Morgan fingerprint density at radius 1 is 1.19 bits per heavy atom. The third kappa shape index (κ3) is 3.88. The molecule has 3 rings (SSSR count). The summed E-state index contributed by atoms with van der Waals surface area (Å²) in [5.41, 5.74) is 3.87. The number of carbonyl (C=O) groups is 2. The van der Waals surface area contributed by atoms with Gasteiger partial charge in [-0.1, -0.05) is 36.4 Å². The highest BCUT2D eigenvalue weighted by molar-refractivity contribution is 7.99. The van der Waals surface area contributed by atoms with E-state index < -0.39 is 11.9 Å². The number of furan rings is 1. The van der Waals surface area contributed by atoms with Crippen molar-refractivity contribution in [2.75, 3.05) is 5.75 Å². The van der Waals surface area contributed by atoms with E-state index in [1.807, 2.05) is 52.0 Å². The number of carbonyl (C=O) groups excluding carboxylic acids is 2. The van der Waals surface area contributed by atoms with E-state index in [0.29, 0.717) is 0 Å². The largest absolute Gasteiger partial charge is 0.461 e. The molecule has 0 amide bonds. The van der Waals surface area contributed by atoms with Crippen molar-refractivity contribution in [1.82, 2.24) is 0 Å². The fraction of sp³-hybridized carbons (Fsp3) is 0.429. The topological polar surface area (TPSA) is 56.5 Å². The molecule has 4 nitrogen and oxygen atoms in total. The summed E-state index contributed by atoms with van der Waals surface area (Å²) in [4.78, 5) is 25.5. The number of Topliss-reactive ketones (excluding diaryl/α,β-unsaturated/α-hetero) is 1. The first-order chi connectivity index (χ1) is 12.4. The number of hydrogen-bond donors (Lipinski definition) is 0. The predicted octanol–water partition coefficient (Wildman–Crippen LogP) is 4.60. The van der Waals surface area contributed by atoms with Crippen molar-refractivity contribution < 1.29 is 18.7 Å². The monoisotopic (exact) mass is 372 g/mol. The van der Waals surface area contributed by atoms with E-state index in [-0.39, 0.29) is 24.2 Å². The van der Waals surface area contributed by atoms with Gasteiger partial charge in [-0.15, -0.1) is 0 Å². The van der Waals surface area contributed by atoms with E-state index in [9.17, 15) is 9.59 Å². The zero-order chi connectivity index (χ0) is 18.8. The molecule has 5 heteroatoms. The van der Waals surface area contributed by atoms with E-state index in [2.05, 4.69) is 0 Å². The lowest BCUT2D eigenvalue weighted by Crippen LogP contribution is -2.41. The third-order valence-electron chi connectivity index (χ3n) is 4.87. The number of benzene rings is 1. The van der Waals surface area contributed by atoms with Crippen molar-refractivity contribution >= 4 is 23.5 Å². The molecule has 138 valence electrons. The van der Waals surface area contributed by atoms with Gasteiger partial charge in [0, 0.05) is 18.1 Å². The number of ketones is 1. The molecule has 0 aliphatic carbocycles. The molecule has 0 saturated carbocycles. The van der Waals surface area contributed by atoms with Crippen LogP contribution in [0.1, 0.15) is 41.5 Å². The normalized spacial score (nSPS) is 21.5. The molecule has 3 unspecified atom stereocenters. The first kappa shape index (κ1) is 18.8. The van der Waals surface area contributed by atoms with Gasteiger partial charge in [0.15, 0.2) is 10.9 Å². The number of cyclic esters (lactones) is 1. The molecular weight excluding hydrogens is 348 g/mol. The zero-order valence-electron chi connectivity index (χ0n) is 15.6. The average Bonchev–Trinajstić information content (AvgIpc) is 3.07. The number of hydrogen-bond acceptors (Lipinski definition) is 5. The molecule has 0 spiro atoms. The third-order valence-corrected chi connectivity index (χ3v) is 6.08. The minimum Gasteiger partial charge on any atom is -0.461 e.